The molecule has 0 spiro atoms. The van der Waals surface area contributed by atoms with Gasteiger partial charge in [0.25, 0.3) is 5.91 Å². The van der Waals surface area contributed by atoms with E-state index in [0.29, 0.717) is 6.42 Å². The second kappa shape index (κ2) is 7.62. The molecule has 1 aliphatic rings. The Morgan fingerprint density at radius 1 is 1.31 bits per heavy atom. The molecule has 2 aromatic rings. The van der Waals surface area contributed by atoms with Crippen molar-refractivity contribution < 1.29 is 14.3 Å². The third-order valence-electron chi connectivity index (χ3n) is 4.41. The summed E-state index contributed by atoms with van der Waals surface area (Å²) in [5.41, 5.74) is 1.34. The third kappa shape index (κ3) is 3.98. The van der Waals surface area contributed by atoms with Crippen molar-refractivity contribution in [2.45, 2.75) is 43.7 Å². The first-order valence-electron chi connectivity index (χ1n) is 8.83. The molecule has 0 bridgehead atoms. The number of hydrogen-bond acceptors (Lipinski definition) is 4. The minimum atomic E-state index is -0.366. The highest BCUT2D eigenvalue weighted by Gasteiger charge is 2.35. The van der Waals surface area contributed by atoms with Gasteiger partial charge in [0.15, 0.2) is 0 Å². The molecule has 0 radical (unpaired) electrons. The van der Waals surface area contributed by atoms with Gasteiger partial charge < -0.3 is 14.8 Å². The van der Waals surface area contributed by atoms with Crippen molar-refractivity contribution in [1.82, 2.24) is 5.32 Å². The van der Waals surface area contributed by atoms with Crippen LogP contribution in [-0.2, 0) is 0 Å². The lowest BCUT2D eigenvalue weighted by Crippen LogP contribution is -2.41. The number of fused-ring (bicyclic) bond motifs is 1. The summed E-state index contributed by atoms with van der Waals surface area (Å²) in [6.45, 7) is 6.16. The minimum Gasteiger partial charge on any atom is -0.497 e. The van der Waals surface area contributed by atoms with Gasteiger partial charge in [0.05, 0.1) is 18.7 Å². The van der Waals surface area contributed by atoms with Crippen LogP contribution in [0.4, 0.5) is 0 Å². The second-order valence-corrected chi connectivity index (χ2v) is 8.23. The Hall–Kier alpha value is -2.14. The van der Waals surface area contributed by atoms with Gasteiger partial charge in [-0.1, -0.05) is 19.1 Å². The number of rotatable bonds is 5. The summed E-state index contributed by atoms with van der Waals surface area (Å²) in [7, 11) is 1.64. The lowest BCUT2D eigenvalue weighted by molar-refractivity contribution is 0.0616. The Balaban J connectivity index is 1.89. The summed E-state index contributed by atoms with van der Waals surface area (Å²) < 4.78 is 11.4. The summed E-state index contributed by atoms with van der Waals surface area (Å²) in [5.74, 6) is 2.39. The average molecular weight is 372 g/mol. The fraction of sp³-hybridized carbons (Fsp3) is 0.381. The van der Waals surface area contributed by atoms with Crippen molar-refractivity contribution in [3.8, 4) is 11.5 Å². The van der Waals surface area contributed by atoms with Gasteiger partial charge in [-0.3, -0.25) is 4.79 Å². The van der Waals surface area contributed by atoms with Gasteiger partial charge in [-0.15, -0.1) is 11.8 Å². The van der Waals surface area contributed by atoms with Crippen LogP contribution < -0.4 is 14.8 Å². The van der Waals surface area contributed by atoms with Gasteiger partial charge in [0.1, 0.15) is 17.1 Å². The van der Waals surface area contributed by atoms with E-state index in [1.54, 1.807) is 18.9 Å². The van der Waals surface area contributed by atoms with E-state index in [0.717, 1.165) is 33.3 Å². The molecule has 0 saturated heterocycles. The fourth-order valence-corrected chi connectivity index (χ4v) is 4.06. The number of amides is 1. The molecule has 5 heteroatoms. The van der Waals surface area contributed by atoms with Crippen LogP contribution in [0.2, 0.25) is 0 Å². The minimum absolute atomic E-state index is 0.0500. The number of benzene rings is 2. The first-order chi connectivity index (χ1) is 12.4. The number of ether oxygens (including phenoxy) is 2. The number of thioether (sulfide) groups is 1. The third-order valence-corrected chi connectivity index (χ3v) is 5.37. The zero-order chi connectivity index (χ0) is 18.7. The molecule has 0 aromatic heterocycles. The Bertz CT molecular complexity index is 804. The zero-order valence-corrected chi connectivity index (χ0v) is 16.5. The molecule has 26 heavy (non-hydrogen) atoms. The molecule has 0 saturated carbocycles. The topological polar surface area (TPSA) is 47.6 Å². The Morgan fingerprint density at radius 2 is 2.08 bits per heavy atom. The standard InChI is InChI=1S/C21H25NO3S/c1-5-26-19-9-7-6-8-16(19)20(23)22-17-13-21(2,3)25-18-12-14(24-4)10-11-15(17)18/h6-12,17H,5,13H2,1-4H3,(H,22,23)/t17-/m1/s1. The molecule has 1 amide bonds. The molecule has 3 rings (SSSR count). The van der Waals surface area contributed by atoms with Crippen molar-refractivity contribution in [2.24, 2.45) is 0 Å². The van der Waals surface area contributed by atoms with E-state index in [9.17, 15) is 4.79 Å². The number of carbonyl (C=O) groups is 1. The highest BCUT2D eigenvalue weighted by atomic mass is 32.2. The Morgan fingerprint density at radius 3 is 2.81 bits per heavy atom. The van der Waals surface area contributed by atoms with E-state index in [-0.39, 0.29) is 17.6 Å². The lowest BCUT2D eigenvalue weighted by atomic mass is 9.89. The SMILES string of the molecule is CCSc1ccccc1C(=O)N[C@@H]1CC(C)(C)Oc2cc(OC)ccc21. The number of carbonyl (C=O) groups excluding carboxylic acids is 1. The largest absolute Gasteiger partial charge is 0.497 e. The van der Waals surface area contributed by atoms with Crippen molar-refractivity contribution in [1.29, 1.82) is 0 Å². The van der Waals surface area contributed by atoms with Crippen LogP contribution in [0.5, 0.6) is 11.5 Å². The van der Waals surface area contributed by atoms with Crippen LogP contribution in [0.15, 0.2) is 47.4 Å². The molecule has 0 unspecified atom stereocenters. The highest BCUT2D eigenvalue weighted by Crippen LogP contribution is 2.41. The van der Waals surface area contributed by atoms with E-state index in [1.807, 2.05) is 56.3 Å². The van der Waals surface area contributed by atoms with Crippen molar-refractivity contribution in [2.75, 3.05) is 12.9 Å². The monoisotopic (exact) mass is 371 g/mol. The molecule has 1 heterocycles. The number of nitrogens with one attached hydrogen (secondary N) is 1. The van der Waals surface area contributed by atoms with Gasteiger partial charge in [0, 0.05) is 22.9 Å². The maximum Gasteiger partial charge on any atom is 0.252 e. The number of methoxy groups -OCH3 is 1. The van der Waals surface area contributed by atoms with Gasteiger partial charge in [-0.25, -0.2) is 0 Å². The smallest absolute Gasteiger partial charge is 0.252 e. The lowest BCUT2D eigenvalue weighted by Gasteiger charge is -2.38. The van der Waals surface area contributed by atoms with Gasteiger partial charge >= 0.3 is 0 Å². The molecule has 0 aliphatic carbocycles. The molecule has 2 aromatic carbocycles. The van der Waals surface area contributed by atoms with Crippen LogP contribution in [-0.4, -0.2) is 24.4 Å². The summed E-state index contributed by atoms with van der Waals surface area (Å²) in [6.07, 6.45) is 0.709. The van der Waals surface area contributed by atoms with E-state index < -0.39 is 0 Å². The quantitative estimate of drug-likeness (QED) is 0.764. The second-order valence-electron chi connectivity index (χ2n) is 6.92. The highest BCUT2D eigenvalue weighted by molar-refractivity contribution is 7.99. The van der Waals surface area contributed by atoms with Gasteiger partial charge in [0.2, 0.25) is 0 Å². The Kier molecular flexibility index (Phi) is 5.47. The summed E-state index contributed by atoms with van der Waals surface area (Å²) >= 11 is 1.68. The fourth-order valence-electron chi connectivity index (χ4n) is 3.26. The summed E-state index contributed by atoms with van der Waals surface area (Å²) in [4.78, 5) is 14.0. The number of hydrogen-bond donors (Lipinski definition) is 1. The maximum absolute atomic E-state index is 13.0. The summed E-state index contributed by atoms with van der Waals surface area (Å²) in [5, 5.41) is 3.21. The van der Waals surface area contributed by atoms with Crippen LogP contribution in [0.25, 0.3) is 0 Å². The molecular weight excluding hydrogens is 346 g/mol. The Labute approximate surface area is 159 Å². The normalized spacial score (nSPS) is 17.8. The van der Waals surface area contributed by atoms with Crippen LogP contribution in [0, 0.1) is 0 Å². The average Bonchev–Trinajstić information content (AvgIpc) is 2.60. The van der Waals surface area contributed by atoms with Gasteiger partial charge in [-0.05, 0) is 43.9 Å². The molecule has 138 valence electrons. The van der Waals surface area contributed by atoms with E-state index in [1.165, 1.54) is 0 Å². The zero-order valence-electron chi connectivity index (χ0n) is 15.7. The van der Waals surface area contributed by atoms with E-state index >= 15 is 0 Å². The van der Waals surface area contributed by atoms with Crippen molar-refractivity contribution in [3.63, 3.8) is 0 Å². The maximum atomic E-state index is 13.0. The van der Waals surface area contributed by atoms with Gasteiger partial charge in [-0.2, -0.15) is 0 Å². The molecular formula is C21H25NO3S. The predicted molar refractivity (Wildman–Crippen MR) is 105 cm³/mol. The van der Waals surface area contributed by atoms with E-state index in [2.05, 4.69) is 12.2 Å². The molecule has 1 aliphatic heterocycles. The summed E-state index contributed by atoms with van der Waals surface area (Å²) in [6, 6.07) is 13.4. The van der Waals surface area contributed by atoms with E-state index in [4.69, 9.17) is 9.47 Å². The predicted octanol–water partition coefficient (Wildman–Crippen LogP) is 4.84. The molecule has 0 fully saturated rings. The van der Waals surface area contributed by atoms with Crippen molar-refractivity contribution in [3.05, 3.63) is 53.6 Å². The molecule has 4 nitrogen and oxygen atoms in total. The first kappa shape index (κ1) is 18.6. The molecule has 1 atom stereocenters. The first-order valence-corrected chi connectivity index (χ1v) is 9.81. The van der Waals surface area contributed by atoms with Crippen molar-refractivity contribution >= 4 is 17.7 Å². The molecule has 1 N–H and O–H groups in total. The van der Waals surface area contributed by atoms with Crippen LogP contribution in [0.3, 0.4) is 0 Å². The van der Waals surface area contributed by atoms with Crippen LogP contribution in [0.1, 0.15) is 49.2 Å². The van der Waals surface area contributed by atoms with Crippen LogP contribution >= 0.6 is 11.8 Å².